The Hall–Kier alpha value is -3.96. The van der Waals surface area contributed by atoms with E-state index in [-0.39, 0.29) is 30.9 Å². The zero-order chi connectivity index (χ0) is 29.7. The van der Waals surface area contributed by atoms with E-state index < -0.39 is 47.9 Å². The van der Waals surface area contributed by atoms with Crippen molar-refractivity contribution >= 4 is 23.7 Å². The molecule has 11 nitrogen and oxygen atoms in total. The number of hydrogen-bond acceptors (Lipinski definition) is 7. The number of unbranched alkanes of at least 4 members (excludes halogenated alkanes) is 1. The summed E-state index contributed by atoms with van der Waals surface area (Å²) >= 11 is 0. The number of benzene rings is 2. The van der Waals surface area contributed by atoms with Crippen LogP contribution in [0, 0.1) is 5.92 Å². The molecule has 40 heavy (non-hydrogen) atoms. The molecule has 0 aliphatic rings. The maximum atomic E-state index is 13.5. The SMILES string of the molecule is CC(C)C(NC(=O)C(CCCCN)NC(=O)C(Cc1ccccc1)NC(=O)C(N)Cc1ccc(O)cc1)C(=O)O. The third kappa shape index (κ3) is 10.7. The molecule has 0 radical (unpaired) electrons. The van der Waals surface area contributed by atoms with Gasteiger partial charge in [-0.05, 0) is 61.4 Å². The zero-order valence-electron chi connectivity index (χ0n) is 23.0. The number of nitrogens with two attached hydrogens (primary N) is 2. The van der Waals surface area contributed by atoms with Gasteiger partial charge < -0.3 is 37.6 Å². The monoisotopic (exact) mass is 555 g/mol. The molecule has 2 aromatic rings. The second-order valence-electron chi connectivity index (χ2n) is 10.1. The topological polar surface area (TPSA) is 197 Å². The molecule has 2 rings (SSSR count). The number of nitrogens with one attached hydrogen (secondary N) is 3. The molecule has 0 aromatic heterocycles. The van der Waals surface area contributed by atoms with Gasteiger partial charge >= 0.3 is 5.97 Å². The normalized spacial score (nSPS) is 14.0. The van der Waals surface area contributed by atoms with Crippen molar-refractivity contribution in [3.05, 3.63) is 65.7 Å². The van der Waals surface area contributed by atoms with Crippen LogP contribution in [0.3, 0.4) is 0 Å². The first-order valence-corrected chi connectivity index (χ1v) is 13.4. The highest BCUT2D eigenvalue weighted by Crippen LogP contribution is 2.12. The molecule has 3 amide bonds. The summed E-state index contributed by atoms with van der Waals surface area (Å²) in [5.41, 5.74) is 13.2. The van der Waals surface area contributed by atoms with Crippen LogP contribution in [0.5, 0.6) is 5.75 Å². The smallest absolute Gasteiger partial charge is 0.326 e. The molecule has 0 spiro atoms. The first-order chi connectivity index (χ1) is 19.0. The molecule has 0 aliphatic heterocycles. The fraction of sp³-hybridized carbons (Fsp3) is 0.448. The third-order valence-corrected chi connectivity index (χ3v) is 6.45. The van der Waals surface area contributed by atoms with E-state index in [1.54, 1.807) is 26.0 Å². The minimum absolute atomic E-state index is 0.0921. The number of rotatable bonds is 16. The molecular formula is C29H41N5O6. The Balaban J connectivity index is 2.21. The lowest BCUT2D eigenvalue weighted by molar-refractivity contribution is -0.143. The highest BCUT2D eigenvalue weighted by molar-refractivity contribution is 5.94. The van der Waals surface area contributed by atoms with Crippen molar-refractivity contribution in [2.24, 2.45) is 17.4 Å². The van der Waals surface area contributed by atoms with Crippen LogP contribution in [-0.2, 0) is 32.0 Å². The van der Waals surface area contributed by atoms with Gasteiger partial charge in [-0.2, -0.15) is 0 Å². The summed E-state index contributed by atoms with van der Waals surface area (Å²) in [5.74, 6) is -3.23. The second-order valence-corrected chi connectivity index (χ2v) is 10.1. The number of carbonyl (C=O) groups excluding carboxylic acids is 3. The lowest BCUT2D eigenvalue weighted by atomic mass is 10.0. The van der Waals surface area contributed by atoms with E-state index in [9.17, 15) is 29.4 Å². The average molecular weight is 556 g/mol. The number of amides is 3. The maximum absolute atomic E-state index is 13.5. The number of carboxylic acid groups (broad SMARTS) is 1. The number of phenolic OH excluding ortho intramolecular Hbond substituents is 1. The predicted octanol–water partition coefficient (Wildman–Crippen LogP) is 0.829. The van der Waals surface area contributed by atoms with Gasteiger partial charge in [-0.15, -0.1) is 0 Å². The molecule has 0 heterocycles. The van der Waals surface area contributed by atoms with Gasteiger partial charge in [0.05, 0.1) is 6.04 Å². The van der Waals surface area contributed by atoms with Gasteiger partial charge in [-0.3, -0.25) is 14.4 Å². The number of carboxylic acids is 1. The fourth-order valence-corrected chi connectivity index (χ4v) is 4.12. The molecule has 0 fully saturated rings. The molecule has 2 aromatic carbocycles. The standard InChI is InChI=1S/C29H41N5O6/c1-18(2)25(29(39)40)34-27(37)23(10-6-7-15-30)32-28(38)24(17-19-8-4-3-5-9-19)33-26(36)22(31)16-20-11-13-21(35)14-12-20/h3-5,8-9,11-14,18,22-25,35H,6-7,10,15-17,30-31H2,1-2H3,(H,32,38)(H,33,36)(H,34,37)(H,39,40). The van der Waals surface area contributed by atoms with Crippen LogP contribution >= 0.6 is 0 Å². The third-order valence-electron chi connectivity index (χ3n) is 6.45. The molecule has 9 N–H and O–H groups in total. The molecular weight excluding hydrogens is 514 g/mol. The fourth-order valence-electron chi connectivity index (χ4n) is 4.12. The van der Waals surface area contributed by atoms with Crippen molar-refractivity contribution in [3.63, 3.8) is 0 Å². The number of aromatic hydroxyl groups is 1. The van der Waals surface area contributed by atoms with Crippen molar-refractivity contribution in [1.29, 1.82) is 0 Å². The molecule has 0 bridgehead atoms. The minimum Gasteiger partial charge on any atom is -0.508 e. The summed E-state index contributed by atoms with van der Waals surface area (Å²) in [6.45, 7) is 3.75. The van der Waals surface area contributed by atoms with Crippen LogP contribution in [0.2, 0.25) is 0 Å². The minimum atomic E-state index is -1.17. The van der Waals surface area contributed by atoms with Gasteiger partial charge in [0.25, 0.3) is 0 Å². The second kappa shape index (κ2) is 16.2. The Labute approximate surface area is 234 Å². The average Bonchev–Trinajstić information content (AvgIpc) is 2.92. The van der Waals surface area contributed by atoms with E-state index in [4.69, 9.17) is 11.5 Å². The van der Waals surface area contributed by atoms with Gasteiger partial charge in [-0.25, -0.2) is 4.79 Å². The van der Waals surface area contributed by atoms with Crippen LogP contribution in [0.4, 0.5) is 0 Å². The van der Waals surface area contributed by atoms with E-state index in [1.165, 1.54) is 12.1 Å². The molecule has 4 atom stereocenters. The van der Waals surface area contributed by atoms with Crippen LogP contribution < -0.4 is 27.4 Å². The quantitative estimate of drug-likeness (QED) is 0.148. The van der Waals surface area contributed by atoms with Gasteiger partial charge in [-0.1, -0.05) is 56.3 Å². The predicted molar refractivity (Wildman–Crippen MR) is 151 cm³/mol. The maximum Gasteiger partial charge on any atom is 0.326 e. The lowest BCUT2D eigenvalue weighted by Crippen LogP contribution is -2.58. The van der Waals surface area contributed by atoms with Gasteiger partial charge in [0.2, 0.25) is 17.7 Å². The number of aliphatic carboxylic acids is 1. The lowest BCUT2D eigenvalue weighted by Gasteiger charge is -2.26. The highest BCUT2D eigenvalue weighted by atomic mass is 16.4. The number of carbonyl (C=O) groups is 4. The van der Waals surface area contributed by atoms with Gasteiger partial charge in [0.1, 0.15) is 23.9 Å². The summed E-state index contributed by atoms with van der Waals surface area (Å²) in [4.78, 5) is 51.2. The Morgan fingerprint density at radius 1 is 0.775 bits per heavy atom. The van der Waals surface area contributed by atoms with E-state index >= 15 is 0 Å². The van der Waals surface area contributed by atoms with Crippen LogP contribution in [0.1, 0.15) is 44.2 Å². The van der Waals surface area contributed by atoms with E-state index in [0.717, 1.165) is 11.1 Å². The Morgan fingerprint density at radius 3 is 1.93 bits per heavy atom. The van der Waals surface area contributed by atoms with Gasteiger partial charge in [0.15, 0.2) is 0 Å². The zero-order valence-corrected chi connectivity index (χ0v) is 23.0. The van der Waals surface area contributed by atoms with Crippen molar-refractivity contribution in [2.75, 3.05) is 6.54 Å². The van der Waals surface area contributed by atoms with Crippen LogP contribution in [-0.4, -0.2) is 64.6 Å². The van der Waals surface area contributed by atoms with Crippen molar-refractivity contribution in [3.8, 4) is 5.75 Å². The highest BCUT2D eigenvalue weighted by Gasteiger charge is 2.31. The molecule has 0 saturated heterocycles. The number of phenols is 1. The number of hydrogen-bond donors (Lipinski definition) is 7. The van der Waals surface area contributed by atoms with E-state index in [2.05, 4.69) is 16.0 Å². The summed E-state index contributed by atoms with van der Waals surface area (Å²) in [6, 6.07) is 11.2. The van der Waals surface area contributed by atoms with Crippen LogP contribution in [0.15, 0.2) is 54.6 Å². The van der Waals surface area contributed by atoms with E-state index in [1.807, 2.05) is 30.3 Å². The first kappa shape index (κ1) is 32.3. The van der Waals surface area contributed by atoms with Crippen molar-refractivity contribution < 1.29 is 29.4 Å². The summed E-state index contributed by atoms with van der Waals surface area (Å²) in [5, 5.41) is 26.9. The molecule has 11 heteroatoms. The first-order valence-electron chi connectivity index (χ1n) is 13.4. The molecule has 218 valence electrons. The largest absolute Gasteiger partial charge is 0.508 e. The summed E-state index contributed by atoms with van der Waals surface area (Å²) in [6.07, 6.45) is 1.71. The Kier molecular flexibility index (Phi) is 13.1. The summed E-state index contributed by atoms with van der Waals surface area (Å²) < 4.78 is 0. The van der Waals surface area contributed by atoms with E-state index in [0.29, 0.717) is 19.4 Å². The Bertz CT molecular complexity index is 1110. The summed E-state index contributed by atoms with van der Waals surface area (Å²) in [7, 11) is 0. The molecule has 0 aliphatic carbocycles. The van der Waals surface area contributed by atoms with Crippen molar-refractivity contribution in [1.82, 2.24) is 16.0 Å². The molecule has 4 unspecified atom stereocenters. The van der Waals surface area contributed by atoms with Crippen LogP contribution in [0.25, 0.3) is 0 Å². The van der Waals surface area contributed by atoms with Gasteiger partial charge in [0, 0.05) is 6.42 Å². The molecule has 0 saturated carbocycles. The Morgan fingerprint density at radius 2 is 1.35 bits per heavy atom. The van der Waals surface area contributed by atoms with Crippen molar-refractivity contribution in [2.45, 2.75) is 70.1 Å².